The van der Waals surface area contributed by atoms with E-state index in [2.05, 4.69) is 21.2 Å². The molecule has 2 aromatic carbocycles. The largest absolute Gasteiger partial charge is 0.496 e. The molecule has 0 saturated heterocycles. The van der Waals surface area contributed by atoms with Crippen molar-refractivity contribution in [1.29, 1.82) is 0 Å². The van der Waals surface area contributed by atoms with Crippen LogP contribution in [0.3, 0.4) is 0 Å². The van der Waals surface area contributed by atoms with Gasteiger partial charge < -0.3 is 10.1 Å². The fourth-order valence-corrected chi connectivity index (χ4v) is 2.73. The van der Waals surface area contributed by atoms with Crippen molar-refractivity contribution < 1.29 is 13.5 Å². The van der Waals surface area contributed by atoms with E-state index in [0.29, 0.717) is 16.6 Å². The normalized spacial score (nSPS) is 12.2. The van der Waals surface area contributed by atoms with E-state index in [0.717, 1.165) is 5.56 Å². The lowest BCUT2D eigenvalue weighted by Crippen LogP contribution is -2.21. The van der Waals surface area contributed by atoms with E-state index < -0.39 is 17.7 Å². The van der Waals surface area contributed by atoms with Gasteiger partial charge >= 0.3 is 0 Å². The van der Waals surface area contributed by atoms with Gasteiger partial charge in [0.15, 0.2) is 0 Å². The van der Waals surface area contributed by atoms with Gasteiger partial charge in [-0.15, -0.1) is 0 Å². The van der Waals surface area contributed by atoms with Crippen LogP contribution in [0.25, 0.3) is 0 Å². The highest BCUT2D eigenvalue weighted by Gasteiger charge is 2.21. The number of hydrogen-bond acceptors (Lipinski definition) is 2. The van der Waals surface area contributed by atoms with Crippen LogP contribution in [0, 0.1) is 11.6 Å². The van der Waals surface area contributed by atoms with Gasteiger partial charge in [-0.1, -0.05) is 34.1 Å². The first-order valence-corrected chi connectivity index (χ1v) is 7.29. The third-order valence-electron chi connectivity index (χ3n) is 3.36. The molecular formula is C16H16BrF2NO. The van der Waals surface area contributed by atoms with Crippen LogP contribution in [0.15, 0.2) is 40.9 Å². The molecule has 0 saturated carbocycles. The zero-order valence-electron chi connectivity index (χ0n) is 11.8. The molecule has 0 aliphatic heterocycles. The third kappa shape index (κ3) is 3.60. The molecule has 0 bridgehead atoms. The summed E-state index contributed by atoms with van der Waals surface area (Å²) in [5.41, 5.74) is 0.924. The molecule has 112 valence electrons. The third-order valence-corrected chi connectivity index (χ3v) is 3.82. The van der Waals surface area contributed by atoms with Gasteiger partial charge in [0.25, 0.3) is 0 Å². The molecule has 1 N–H and O–H groups in total. The first-order valence-electron chi connectivity index (χ1n) is 6.50. The van der Waals surface area contributed by atoms with Crippen LogP contribution >= 0.6 is 15.9 Å². The molecule has 21 heavy (non-hydrogen) atoms. The molecular weight excluding hydrogens is 340 g/mol. The van der Waals surface area contributed by atoms with Crippen LogP contribution in [-0.2, 0) is 6.42 Å². The molecule has 0 heterocycles. The molecule has 2 rings (SSSR count). The first kappa shape index (κ1) is 15.9. The number of likely N-dealkylation sites (N-methyl/N-ethyl adjacent to an activating group) is 1. The molecule has 0 aliphatic rings. The molecule has 0 aliphatic carbocycles. The van der Waals surface area contributed by atoms with Crippen molar-refractivity contribution in [2.75, 3.05) is 14.2 Å². The Bertz CT molecular complexity index is 610. The van der Waals surface area contributed by atoms with Crippen molar-refractivity contribution in [1.82, 2.24) is 5.32 Å². The van der Waals surface area contributed by atoms with E-state index in [1.807, 2.05) is 24.3 Å². The Morgan fingerprint density at radius 1 is 1.19 bits per heavy atom. The highest BCUT2D eigenvalue weighted by molar-refractivity contribution is 9.10. The van der Waals surface area contributed by atoms with Gasteiger partial charge in [0.2, 0.25) is 0 Å². The number of benzene rings is 2. The van der Waals surface area contributed by atoms with Crippen LogP contribution in [0.1, 0.15) is 17.2 Å². The van der Waals surface area contributed by atoms with E-state index in [4.69, 9.17) is 4.74 Å². The number of halogens is 3. The van der Waals surface area contributed by atoms with Gasteiger partial charge in [-0.25, -0.2) is 8.78 Å². The zero-order valence-corrected chi connectivity index (χ0v) is 13.4. The van der Waals surface area contributed by atoms with Crippen molar-refractivity contribution >= 4 is 15.9 Å². The minimum Gasteiger partial charge on any atom is -0.496 e. The van der Waals surface area contributed by atoms with Crippen molar-refractivity contribution in [2.45, 2.75) is 12.5 Å². The van der Waals surface area contributed by atoms with Crippen LogP contribution < -0.4 is 10.1 Å². The molecule has 2 aromatic rings. The molecule has 0 fully saturated rings. The summed E-state index contributed by atoms with van der Waals surface area (Å²) in [7, 11) is 3.26. The summed E-state index contributed by atoms with van der Waals surface area (Å²) in [5.74, 6) is -0.442. The molecule has 5 heteroatoms. The SMILES string of the molecule is CNC(Cc1ccccc1OC)c1c(F)cc(Br)cc1F. The second-order valence-electron chi connectivity index (χ2n) is 4.64. The number of methoxy groups -OCH3 is 1. The van der Waals surface area contributed by atoms with Crippen molar-refractivity contribution in [3.05, 3.63) is 63.6 Å². The number of rotatable bonds is 5. The Hall–Kier alpha value is -1.46. The Morgan fingerprint density at radius 3 is 2.38 bits per heavy atom. The smallest absolute Gasteiger partial charge is 0.132 e. The van der Waals surface area contributed by atoms with Gasteiger partial charge in [-0.05, 0) is 37.2 Å². The van der Waals surface area contributed by atoms with Crippen molar-refractivity contribution in [2.24, 2.45) is 0 Å². The summed E-state index contributed by atoms with van der Waals surface area (Å²) >= 11 is 3.09. The average molecular weight is 356 g/mol. The fourth-order valence-electron chi connectivity index (χ4n) is 2.33. The minimum absolute atomic E-state index is 0.0339. The van der Waals surface area contributed by atoms with Crippen LogP contribution in [0.4, 0.5) is 8.78 Å². The molecule has 1 unspecified atom stereocenters. The molecule has 1 atom stereocenters. The second kappa shape index (κ2) is 7.00. The maximum absolute atomic E-state index is 14.1. The molecule has 0 amide bonds. The van der Waals surface area contributed by atoms with Crippen molar-refractivity contribution in [3.63, 3.8) is 0 Å². The monoisotopic (exact) mass is 355 g/mol. The lowest BCUT2D eigenvalue weighted by Gasteiger charge is -2.19. The summed E-state index contributed by atoms with van der Waals surface area (Å²) in [5, 5.41) is 2.97. The summed E-state index contributed by atoms with van der Waals surface area (Å²) in [4.78, 5) is 0. The van der Waals surface area contributed by atoms with E-state index in [9.17, 15) is 8.78 Å². The lowest BCUT2D eigenvalue weighted by atomic mass is 9.97. The number of ether oxygens (including phenoxy) is 1. The maximum atomic E-state index is 14.1. The van der Waals surface area contributed by atoms with Crippen LogP contribution in [0.5, 0.6) is 5.75 Å². The Morgan fingerprint density at radius 2 is 1.81 bits per heavy atom. The highest BCUT2D eigenvalue weighted by Crippen LogP contribution is 2.29. The van der Waals surface area contributed by atoms with Gasteiger partial charge in [0, 0.05) is 16.1 Å². The Balaban J connectivity index is 2.37. The van der Waals surface area contributed by atoms with Gasteiger partial charge in [-0.2, -0.15) is 0 Å². The highest BCUT2D eigenvalue weighted by atomic mass is 79.9. The lowest BCUT2D eigenvalue weighted by molar-refractivity contribution is 0.404. The predicted molar refractivity (Wildman–Crippen MR) is 82.6 cm³/mol. The summed E-state index contributed by atoms with van der Waals surface area (Å²) in [6.07, 6.45) is 0.427. The molecule has 0 radical (unpaired) electrons. The standard InChI is InChI=1S/C16H16BrF2NO/c1-20-14(7-10-5-3-4-6-15(10)21-2)16-12(18)8-11(17)9-13(16)19/h3-6,8-9,14,20H,7H2,1-2H3. The van der Waals surface area contributed by atoms with Crippen molar-refractivity contribution in [3.8, 4) is 5.75 Å². The Labute approximate surface area is 131 Å². The topological polar surface area (TPSA) is 21.3 Å². The number of nitrogens with one attached hydrogen (secondary N) is 1. The first-order chi connectivity index (χ1) is 10.1. The van der Waals surface area contributed by atoms with E-state index >= 15 is 0 Å². The molecule has 2 nitrogen and oxygen atoms in total. The predicted octanol–water partition coefficient (Wildman–Crippen LogP) is 4.24. The van der Waals surface area contributed by atoms with E-state index in [-0.39, 0.29) is 5.56 Å². The van der Waals surface area contributed by atoms with Gasteiger partial charge in [0.1, 0.15) is 17.4 Å². The maximum Gasteiger partial charge on any atom is 0.132 e. The summed E-state index contributed by atoms with van der Waals surface area (Å²) in [6.45, 7) is 0. The zero-order chi connectivity index (χ0) is 15.4. The van der Waals surface area contributed by atoms with Crippen LogP contribution in [0.2, 0.25) is 0 Å². The molecule has 0 aromatic heterocycles. The van der Waals surface area contributed by atoms with Crippen LogP contribution in [-0.4, -0.2) is 14.2 Å². The summed E-state index contributed by atoms with van der Waals surface area (Å²) in [6, 6.07) is 9.51. The Kier molecular flexibility index (Phi) is 5.31. The van der Waals surface area contributed by atoms with E-state index in [1.54, 1.807) is 14.2 Å². The minimum atomic E-state index is -0.573. The average Bonchev–Trinajstić information content (AvgIpc) is 2.45. The summed E-state index contributed by atoms with van der Waals surface area (Å²) < 4.78 is 33.9. The van der Waals surface area contributed by atoms with E-state index in [1.165, 1.54) is 12.1 Å². The number of hydrogen-bond donors (Lipinski definition) is 1. The fraction of sp³-hybridized carbons (Fsp3) is 0.250. The van der Waals surface area contributed by atoms with Gasteiger partial charge in [-0.3, -0.25) is 0 Å². The van der Waals surface area contributed by atoms with Gasteiger partial charge in [0.05, 0.1) is 7.11 Å². The quantitative estimate of drug-likeness (QED) is 0.865. The second-order valence-corrected chi connectivity index (χ2v) is 5.56. The molecule has 0 spiro atoms. The number of para-hydroxylation sites is 1.